The fourth-order valence-electron chi connectivity index (χ4n) is 2.61. The second-order valence-corrected chi connectivity index (χ2v) is 8.14. The number of amides is 1. The lowest BCUT2D eigenvalue weighted by Crippen LogP contribution is -2.47. The van der Waals surface area contributed by atoms with Gasteiger partial charge in [0.15, 0.2) is 0 Å². The third kappa shape index (κ3) is 4.96. The van der Waals surface area contributed by atoms with Gasteiger partial charge in [-0.1, -0.05) is 24.6 Å². The molecule has 0 heterocycles. The summed E-state index contributed by atoms with van der Waals surface area (Å²) in [5.74, 6) is -1.43. The molecule has 1 amide bonds. The highest BCUT2D eigenvalue weighted by Crippen LogP contribution is 2.28. The Morgan fingerprint density at radius 2 is 2.00 bits per heavy atom. The smallest absolute Gasteiger partial charge is 0.271 e. The Bertz CT molecular complexity index is 1020. The molecule has 0 saturated heterocycles. The third-order valence-corrected chi connectivity index (χ3v) is 5.28. The van der Waals surface area contributed by atoms with Gasteiger partial charge in [-0.2, -0.15) is 0 Å². The van der Waals surface area contributed by atoms with Crippen LogP contribution in [-0.2, 0) is 14.8 Å². The van der Waals surface area contributed by atoms with E-state index in [0.29, 0.717) is 0 Å². The molecule has 2 rings (SSSR count). The van der Waals surface area contributed by atoms with Gasteiger partial charge in [-0.05, 0) is 30.7 Å². The number of anilines is 2. The number of hydrogen-bond acceptors (Lipinski definition) is 5. The van der Waals surface area contributed by atoms with Crippen molar-refractivity contribution in [2.24, 2.45) is 0 Å². The maximum Gasteiger partial charge on any atom is 0.271 e. The van der Waals surface area contributed by atoms with Gasteiger partial charge in [0.2, 0.25) is 15.9 Å². The maximum atomic E-state index is 13.5. The van der Waals surface area contributed by atoms with Crippen LogP contribution in [0.4, 0.5) is 21.5 Å². The Balaban J connectivity index is 2.40. The molecule has 1 N–H and O–H groups in total. The molecule has 0 radical (unpaired) electrons. The van der Waals surface area contributed by atoms with E-state index < -0.39 is 32.7 Å². The van der Waals surface area contributed by atoms with Gasteiger partial charge in [0.05, 0.1) is 21.9 Å². The summed E-state index contributed by atoms with van der Waals surface area (Å²) in [4.78, 5) is 23.0. The molecule has 1 atom stereocenters. The van der Waals surface area contributed by atoms with Crippen molar-refractivity contribution in [1.82, 2.24) is 0 Å². The molecule has 0 aromatic heterocycles. The van der Waals surface area contributed by atoms with Crippen molar-refractivity contribution < 1.29 is 22.5 Å². The van der Waals surface area contributed by atoms with Crippen molar-refractivity contribution in [2.75, 3.05) is 15.9 Å². The van der Waals surface area contributed by atoms with Crippen LogP contribution in [0.25, 0.3) is 0 Å². The van der Waals surface area contributed by atoms with E-state index in [1.54, 1.807) is 6.92 Å². The zero-order valence-electron chi connectivity index (χ0n) is 14.9. The van der Waals surface area contributed by atoms with Gasteiger partial charge in [-0.25, -0.2) is 12.8 Å². The molecule has 0 fully saturated rings. The number of benzene rings is 2. The van der Waals surface area contributed by atoms with Crippen molar-refractivity contribution in [2.45, 2.75) is 19.4 Å². The molecular formula is C17H17ClFN3O5S. The number of nitro groups is 1. The zero-order chi connectivity index (χ0) is 21.1. The predicted octanol–water partition coefficient (Wildman–Crippen LogP) is 3.57. The van der Waals surface area contributed by atoms with Crippen molar-refractivity contribution in [1.29, 1.82) is 0 Å². The van der Waals surface area contributed by atoms with Crippen LogP contribution in [0.5, 0.6) is 0 Å². The quantitative estimate of drug-likeness (QED) is 0.534. The molecule has 0 bridgehead atoms. The first kappa shape index (κ1) is 21.6. The summed E-state index contributed by atoms with van der Waals surface area (Å²) in [7, 11) is -3.93. The number of non-ortho nitro benzene ring substituents is 1. The minimum Gasteiger partial charge on any atom is -0.324 e. The molecule has 0 aliphatic heterocycles. The summed E-state index contributed by atoms with van der Waals surface area (Å²) >= 11 is 5.75. The van der Waals surface area contributed by atoms with Crippen molar-refractivity contribution in [3.05, 3.63) is 63.4 Å². The lowest BCUT2D eigenvalue weighted by Gasteiger charge is -2.30. The number of rotatable bonds is 7. The van der Waals surface area contributed by atoms with E-state index in [9.17, 15) is 27.7 Å². The van der Waals surface area contributed by atoms with E-state index in [2.05, 4.69) is 5.32 Å². The number of nitrogens with one attached hydrogen (secondary N) is 1. The lowest BCUT2D eigenvalue weighted by atomic mass is 10.1. The van der Waals surface area contributed by atoms with Crippen LogP contribution in [0.2, 0.25) is 5.02 Å². The van der Waals surface area contributed by atoms with Gasteiger partial charge >= 0.3 is 0 Å². The van der Waals surface area contributed by atoms with E-state index in [0.717, 1.165) is 28.8 Å². The SMILES string of the molecule is CC[C@H](C(=O)Nc1cccc([N+](=O)[O-])c1)N(c1ccc(F)c(Cl)c1)S(C)(=O)=O. The number of sulfonamides is 1. The third-order valence-electron chi connectivity index (χ3n) is 3.81. The first-order chi connectivity index (χ1) is 13.0. The van der Waals surface area contributed by atoms with Crippen molar-refractivity contribution >= 4 is 44.6 Å². The normalized spacial score (nSPS) is 12.3. The molecule has 150 valence electrons. The average molecular weight is 430 g/mol. The van der Waals surface area contributed by atoms with Gasteiger partial charge in [-0.3, -0.25) is 19.2 Å². The van der Waals surface area contributed by atoms with Crippen LogP contribution in [-0.4, -0.2) is 31.5 Å². The van der Waals surface area contributed by atoms with Gasteiger partial charge in [-0.15, -0.1) is 0 Å². The van der Waals surface area contributed by atoms with Gasteiger partial charge < -0.3 is 5.32 Å². The van der Waals surface area contributed by atoms with Gasteiger partial charge in [0.25, 0.3) is 5.69 Å². The molecule has 0 unspecified atom stereocenters. The molecule has 28 heavy (non-hydrogen) atoms. The van der Waals surface area contributed by atoms with Crippen LogP contribution in [0.15, 0.2) is 42.5 Å². The highest BCUT2D eigenvalue weighted by molar-refractivity contribution is 7.92. The number of hydrogen-bond donors (Lipinski definition) is 1. The molecule has 8 nitrogen and oxygen atoms in total. The first-order valence-electron chi connectivity index (χ1n) is 8.04. The van der Waals surface area contributed by atoms with E-state index in [1.807, 2.05) is 0 Å². The van der Waals surface area contributed by atoms with E-state index in [1.165, 1.54) is 24.3 Å². The Morgan fingerprint density at radius 1 is 1.32 bits per heavy atom. The fraction of sp³-hybridized carbons (Fsp3) is 0.235. The van der Waals surface area contributed by atoms with Crippen molar-refractivity contribution in [3.63, 3.8) is 0 Å². The second-order valence-electron chi connectivity index (χ2n) is 5.88. The zero-order valence-corrected chi connectivity index (χ0v) is 16.5. The highest BCUT2D eigenvalue weighted by Gasteiger charge is 2.32. The largest absolute Gasteiger partial charge is 0.324 e. The predicted molar refractivity (Wildman–Crippen MR) is 105 cm³/mol. The van der Waals surface area contributed by atoms with E-state index in [-0.39, 0.29) is 28.5 Å². The minimum atomic E-state index is -3.93. The molecule has 0 spiro atoms. The number of nitro benzene ring substituents is 1. The van der Waals surface area contributed by atoms with Gasteiger partial charge in [0.1, 0.15) is 11.9 Å². The highest BCUT2D eigenvalue weighted by atomic mass is 35.5. The Kier molecular flexibility index (Phi) is 6.57. The monoisotopic (exact) mass is 429 g/mol. The van der Waals surface area contributed by atoms with E-state index >= 15 is 0 Å². The summed E-state index contributed by atoms with van der Waals surface area (Å²) < 4.78 is 39.0. The molecule has 2 aromatic rings. The molecule has 0 aliphatic rings. The second kappa shape index (κ2) is 8.53. The standard InChI is InChI=1S/C17H17ClFN3O5S/c1-3-16(17(23)20-11-5-4-6-13(9-11)22(24)25)21(28(2,26)27)12-7-8-15(19)14(18)10-12/h4-10,16H,3H2,1-2H3,(H,20,23)/t16-/m1/s1. The van der Waals surface area contributed by atoms with Crippen LogP contribution >= 0.6 is 11.6 Å². The molecule has 11 heteroatoms. The van der Waals surface area contributed by atoms with Crippen LogP contribution in [0, 0.1) is 15.9 Å². The number of halogens is 2. The average Bonchev–Trinajstić information content (AvgIpc) is 2.61. The summed E-state index contributed by atoms with van der Waals surface area (Å²) in [5, 5.41) is 13.1. The van der Waals surface area contributed by atoms with Crippen LogP contribution < -0.4 is 9.62 Å². The maximum absolute atomic E-state index is 13.5. The van der Waals surface area contributed by atoms with Crippen molar-refractivity contribution in [3.8, 4) is 0 Å². The fourth-order valence-corrected chi connectivity index (χ4v) is 3.98. The van der Waals surface area contributed by atoms with Gasteiger partial charge in [0, 0.05) is 17.8 Å². The van der Waals surface area contributed by atoms with E-state index in [4.69, 9.17) is 11.6 Å². The molecule has 0 aliphatic carbocycles. The summed E-state index contributed by atoms with van der Waals surface area (Å²) in [5.41, 5.74) is -0.0608. The molecule has 2 aromatic carbocycles. The minimum absolute atomic E-state index is 0.0231. The Hall–Kier alpha value is -2.72. The van der Waals surface area contributed by atoms with Crippen LogP contribution in [0.1, 0.15) is 13.3 Å². The number of carbonyl (C=O) groups is 1. The topological polar surface area (TPSA) is 110 Å². The lowest BCUT2D eigenvalue weighted by molar-refractivity contribution is -0.384. The molecule has 0 saturated carbocycles. The summed E-state index contributed by atoms with van der Waals surface area (Å²) in [6.45, 7) is 1.60. The summed E-state index contributed by atoms with van der Waals surface area (Å²) in [6, 6.07) is 7.38. The number of carbonyl (C=O) groups excluding carboxylic acids is 1. The number of nitrogens with zero attached hydrogens (tertiary/aromatic N) is 2. The Labute approximate surface area is 166 Å². The first-order valence-corrected chi connectivity index (χ1v) is 10.3. The summed E-state index contributed by atoms with van der Waals surface area (Å²) in [6.07, 6.45) is 0.996. The Morgan fingerprint density at radius 3 is 2.54 bits per heavy atom. The molecular weight excluding hydrogens is 413 g/mol. The van der Waals surface area contributed by atoms with Crippen LogP contribution in [0.3, 0.4) is 0 Å².